The van der Waals surface area contributed by atoms with Crippen LogP contribution in [-0.2, 0) is 6.54 Å². The number of nitrogens with zero attached hydrogens (tertiary/aromatic N) is 3. The number of aliphatic hydroxyl groups excluding tert-OH is 1. The van der Waals surface area contributed by atoms with Crippen molar-refractivity contribution in [3.05, 3.63) is 36.3 Å². The third-order valence-electron chi connectivity index (χ3n) is 3.99. The topological polar surface area (TPSA) is 40.8 Å². The maximum Gasteiger partial charge on any atom is 0.137 e. The van der Waals surface area contributed by atoms with E-state index in [0.29, 0.717) is 6.04 Å². The van der Waals surface area contributed by atoms with Crippen molar-refractivity contribution in [1.82, 2.24) is 14.3 Å². The maximum absolute atomic E-state index is 9.17. The van der Waals surface area contributed by atoms with Gasteiger partial charge in [-0.05, 0) is 37.9 Å². The summed E-state index contributed by atoms with van der Waals surface area (Å²) >= 11 is 0. The van der Waals surface area contributed by atoms with Crippen molar-refractivity contribution < 1.29 is 5.11 Å². The van der Waals surface area contributed by atoms with E-state index in [4.69, 9.17) is 0 Å². The number of rotatable bonds is 4. The molecule has 1 fully saturated rings. The van der Waals surface area contributed by atoms with E-state index >= 15 is 0 Å². The van der Waals surface area contributed by atoms with Crippen molar-refractivity contribution in [2.24, 2.45) is 0 Å². The van der Waals surface area contributed by atoms with Gasteiger partial charge in [0.2, 0.25) is 0 Å². The molecule has 0 bridgehead atoms. The molecule has 1 aliphatic heterocycles. The lowest BCUT2D eigenvalue weighted by atomic mass is 9.99. The standard InChI is InChI=1S/C15H21N3O/c19-10-7-14-5-1-3-8-17(14)11-13-12-18-9-4-2-6-15(18)16-13/h2,4,6,9,12,14,19H,1,3,5,7-8,10-11H2. The normalized spacial score (nSPS) is 21.0. The largest absolute Gasteiger partial charge is 0.396 e. The molecule has 1 atom stereocenters. The number of aliphatic hydroxyl groups is 1. The van der Waals surface area contributed by atoms with Crippen LogP contribution in [0.3, 0.4) is 0 Å². The SMILES string of the molecule is OCCC1CCCCN1Cc1cn2ccccc2n1. The van der Waals surface area contributed by atoms with Crippen LogP contribution in [0.15, 0.2) is 30.6 Å². The molecule has 1 saturated heterocycles. The van der Waals surface area contributed by atoms with Gasteiger partial charge in [-0.1, -0.05) is 12.5 Å². The van der Waals surface area contributed by atoms with Gasteiger partial charge >= 0.3 is 0 Å². The fraction of sp³-hybridized carbons (Fsp3) is 0.533. The molecule has 19 heavy (non-hydrogen) atoms. The van der Waals surface area contributed by atoms with Gasteiger partial charge < -0.3 is 9.51 Å². The van der Waals surface area contributed by atoms with Crippen LogP contribution in [0.1, 0.15) is 31.4 Å². The molecule has 4 nitrogen and oxygen atoms in total. The minimum Gasteiger partial charge on any atom is -0.396 e. The van der Waals surface area contributed by atoms with Crippen LogP contribution in [0.2, 0.25) is 0 Å². The molecule has 4 heteroatoms. The Kier molecular flexibility index (Phi) is 3.80. The van der Waals surface area contributed by atoms with E-state index in [1.54, 1.807) is 0 Å². The van der Waals surface area contributed by atoms with Gasteiger partial charge in [-0.3, -0.25) is 4.90 Å². The molecule has 1 aliphatic rings. The molecule has 0 amide bonds. The summed E-state index contributed by atoms with van der Waals surface area (Å²) in [6, 6.07) is 6.59. The molecule has 0 spiro atoms. The molecule has 3 rings (SSSR count). The van der Waals surface area contributed by atoms with Gasteiger partial charge in [-0.2, -0.15) is 0 Å². The number of hydrogen-bond donors (Lipinski definition) is 1. The highest BCUT2D eigenvalue weighted by atomic mass is 16.3. The molecule has 0 aliphatic carbocycles. The highest BCUT2D eigenvalue weighted by Gasteiger charge is 2.22. The average molecular weight is 259 g/mol. The smallest absolute Gasteiger partial charge is 0.137 e. The molecular weight excluding hydrogens is 238 g/mol. The van der Waals surface area contributed by atoms with E-state index in [-0.39, 0.29) is 6.61 Å². The zero-order chi connectivity index (χ0) is 13.1. The van der Waals surface area contributed by atoms with Crippen LogP contribution in [0.25, 0.3) is 5.65 Å². The highest BCUT2D eigenvalue weighted by molar-refractivity contribution is 5.39. The molecule has 0 saturated carbocycles. The van der Waals surface area contributed by atoms with E-state index in [0.717, 1.165) is 30.9 Å². The van der Waals surface area contributed by atoms with Gasteiger partial charge in [0, 0.05) is 31.6 Å². The Hall–Kier alpha value is -1.39. The van der Waals surface area contributed by atoms with Crippen molar-refractivity contribution in [2.75, 3.05) is 13.2 Å². The van der Waals surface area contributed by atoms with Crippen LogP contribution < -0.4 is 0 Å². The molecular formula is C15H21N3O. The summed E-state index contributed by atoms with van der Waals surface area (Å²) in [5.41, 5.74) is 2.13. The molecule has 0 radical (unpaired) electrons. The lowest BCUT2D eigenvalue weighted by Crippen LogP contribution is -2.39. The van der Waals surface area contributed by atoms with Gasteiger partial charge in [-0.15, -0.1) is 0 Å². The summed E-state index contributed by atoms with van der Waals surface area (Å²) in [6.07, 6.45) is 8.77. The summed E-state index contributed by atoms with van der Waals surface area (Å²) < 4.78 is 2.07. The van der Waals surface area contributed by atoms with Gasteiger partial charge in [0.1, 0.15) is 5.65 Å². The van der Waals surface area contributed by atoms with E-state index in [1.807, 2.05) is 24.4 Å². The maximum atomic E-state index is 9.17. The quantitative estimate of drug-likeness (QED) is 0.914. The van der Waals surface area contributed by atoms with Crippen LogP contribution in [0.5, 0.6) is 0 Å². The third-order valence-corrected chi connectivity index (χ3v) is 3.99. The second kappa shape index (κ2) is 5.72. The monoisotopic (exact) mass is 259 g/mol. The fourth-order valence-electron chi connectivity index (χ4n) is 3.02. The number of hydrogen-bond acceptors (Lipinski definition) is 3. The lowest BCUT2D eigenvalue weighted by molar-refractivity contribution is 0.111. The zero-order valence-electron chi connectivity index (χ0n) is 11.2. The third kappa shape index (κ3) is 2.80. The Bertz CT molecular complexity index is 502. The predicted octanol–water partition coefficient (Wildman–Crippen LogP) is 2.07. The van der Waals surface area contributed by atoms with Crippen molar-refractivity contribution >= 4 is 5.65 Å². The zero-order valence-corrected chi connectivity index (χ0v) is 11.2. The second-order valence-electron chi connectivity index (χ2n) is 5.33. The lowest BCUT2D eigenvalue weighted by Gasteiger charge is -2.34. The molecule has 0 aromatic carbocycles. The number of aromatic nitrogens is 2. The van der Waals surface area contributed by atoms with E-state index in [1.165, 1.54) is 19.3 Å². The summed E-state index contributed by atoms with van der Waals surface area (Å²) in [5, 5.41) is 9.17. The number of piperidine rings is 1. The number of pyridine rings is 1. The van der Waals surface area contributed by atoms with Crippen LogP contribution in [0, 0.1) is 0 Å². The average Bonchev–Trinajstić information content (AvgIpc) is 2.83. The van der Waals surface area contributed by atoms with E-state index in [9.17, 15) is 5.11 Å². The van der Waals surface area contributed by atoms with Crippen molar-refractivity contribution in [1.29, 1.82) is 0 Å². The molecule has 1 unspecified atom stereocenters. The number of imidazole rings is 1. The minimum absolute atomic E-state index is 0.284. The molecule has 2 aromatic heterocycles. The first-order chi connectivity index (χ1) is 9.36. The van der Waals surface area contributed by atoms with Gasteiger partial charge in [0.05, 0.1) is 5.69 Å². The molecule has 3 heterocycles. The van der Waals surface area contributed by atoms with Crippen molar-refractivity contribution in [2.45, 2.75) is 38.3 Å². The van der Waals surface area contributed by atoms with Crippen LogP contribution in [-0.4, -0.2) is 38.6 Å². The second-order valence-corrected chi connectivity index (χ2v) is 5.33. The Balaban J connectivity index is 1.75. The van der Waals surface area contributed by atoms with Gasteiger partial charge in [0.25, 0.3) is 0 Å². The minimum atomic E-state index is 0.284. The van der Waals surface area contributed by atoms with Crippen LogP contribution in [0.4, 0.5) is 0 Å². The first kappa shape index (κ1) is 12.6. The highest BCUT2D eigenvalue weighted by Crippen LogP contribution is 2.21. The molecule has 2 aromatic rings. The fourth-order valence-corrected chi connectivity index (χ4v) is 3.02. The van der Waals surface area contributed by atoms with Gasteiger partial charge in [0.15, 0.2) is 0 Å². The Morgan fingerprint density at radius 2 is 2.26 bits per heavy atom. The Labute approximate surface area is 113 Å². The van der Waals surface area contributed by atoms with Gasteiger partial charge in [-0.25, -0.2) is 4.98 Å². The van der Waals surface area contributed by atoms with Crippen LogP contribution >= 0.6 is 0 Å². The summed E-state index contributed by atoms with van der Waals surface area (Å²) in [7, 11) is 0. The molecule has 1 N–H and O–H groups in total. The van der Waals surface area contributed by atoms with E-state index in [2.05, 4.69) is 20.5 Å². The summed E-state index contributed by atoms with van der Waals surface area (Å²) in [4.78, 5) is 7.13. The Morgan fingerprint density at radius 3 is 3.11 bits per heavy atom. The van der Waals surface area contributed by atoms with Crippen molar-refractivity contribution in [3.63, 3.8) is 0 Å². The number of fused-ring (bicyclic) bond motifs is 1. The Morgan fingerprint density at radius 1 is 1.32 bits per heavy atom. The first-order valence-corrected chi connectivity index (χ1v) is 7.14. The first-order valence-electron chi connectivity index (χ1n) is 7.14. The predicted molar refractivity (Wildman–Crippen MR) is 74.9 cm³/mol. The van der Waals surface area contributed by atoms with E-state index < -0.39 is 0 Å². The number of likely N-dealkylation sites (tertiary alicyclic amines) is 1. The summed E-state index contributed by atoms with van der Waals surface area (Å²) in [5.74, 6) is 0. The van der Waals surface area contributed by atoms with Crippen molar-refractivity contribution in [3.8, 4) is 0 Å². The summed E-state index contributed by atoms with van der Waals surface area (Å²) in [6.45, 7) is 2.30. The molecule has 102 valence electrons.